The number of aromatic carboxylic acids is 1. The Morgan fingerprint density at radius 2 is 2.14 bits per heavy atom. The van der Waals surface area contributed by atoms with Gasteiger partial charge in [0.05, 0.1) is 12.1 Å². The minimum atomic E-state index is -1.12. The van der Waals surface area contributed by atoms with Crippen molar-refractivity contribution in [2.45, 2.75) is 13.3 Å². The maximum Gasteiger partial charge on any atom is 0.340 e. The standard InChI is InChI=1S/C14H13FN2O3S/c1-8-12(14(19)20)13(21-16-8)17(2)11(18)7-9-4-3-5-10(15)6-9/h3-6H,7H2,1-2H3,(H,19,20). The van der Waals surface area contributed by atoms with E-state index in [9.17, 15) is 19.1 Å². The highest BCUT2D eigenvalue weighted by Gasteiger charge is 2.23. The van der Waals surface area contributed by atoms with E-state index >= 15 is 0 Å². The zero-order valence-corrected chi connectivity index (χ0v) is 12.3. The lowest BCUT2D eigenvalue weighted by molar-refractivity contribution is -0.117. The van der Waals surface area contributed by atoms with E-state index < -0.39 is 11.8 Å². The molecule has 1 amide bonds. The van der Waals surface area contributed by atoms with Gasteiger partial charge in [-0.15, -0.1) is 0 Å². The molecule has 0 saturated heterocycles. The molecule has 1 aromatic heterocycles. The van der Waals surface area contributed by atoms with Gasteiger partial charge in [-0.1, -0.05) is 12.1 Å². The number of aryl methyl sites for hydroxylation is 1. The number of amides is 1. The van der Waals surface area contributed by atoms with E-state index in [0.717, 1.165) is 11.5 Å². The Kier molecular flexibility index (Phi) is 4.32. The van der Waals surface area contributed by atoms with E-state index in [1.807, 2.05) is 0 Å². The molecule has 0 radical (unpaired) electrons. The van der Waals surface area contributed by atoms with Crippen molar-refractivity contribution in [2.75, 3.05) is 11.9 Å². The first-order valence-electron chi connectivity index (χ1n) is 6.10. The summed E-state index contributed by atoms with van der Waals surface area (Å²) < 4.78 is 17.1. The highest BCUT2D eigenvalue weighted by molar-refractivity contribution is 7.11. The molecule has 0 spiro atoms. The van der Waals surface area contributed by atoms with Crippen LogP contribution in [0, 0.1) is 12.7 Å². The van der Waals surface area contributed by atoms with Crippen LogP contribution < -0.4 is 4.90 Å². The van der Waals surface area contributed by atoms with E-state index in [1.54, 1.807) is 13.0 Å². The van der Waals surface area contributed by atoms with Gasteiger partial charge >= 0.3 is 5.97 Å². The molecule has 0 aliphatic rings. The maximum absolute atomic E-state index is 13.1. The van der Waals surface area contributed by atoms with Crippen molar-refractivity contribution >= 4 is 28.4 Å². The van der Waals surface area contributed by atoms with Crippen molar-refractivity contribution in [2.24, 2.45) is 0 Å². The molecule has 1 N–H and O–H groups in total. The second-order valence-electron chi connectivity index (χ2n) is 4.51. The number of benzene rings is 1. The smallest absolute Gasteiger partial charge is 0.340 e. The number of rotatable bonds is 4. The minimum absolute atomic E-state index is 0.00966. The van der Waals surface area contributed by atoms with Gasteiger partial charge < -0.3 is 10.0 Å². The number of hydrogen-bond acceptors (Lipinski definition) is 4. The number of halogens is 1. The predicted molar refractivity (Wildman–Crippen MR) is 77.3 cm³/mol. The third kappa shape index (κ3) is 3.25. The molecule has 0 unspecified atom stereocenters. The van der Waals surface area contributed by atoms with Crippen LogP contribution in [-0.2, 0) is 11.2 Å². The molecule has 0 aliphatic heterocycles. The van der Waals surface area contributed by atoms with Crippen LogP contribution in [0.25, 0.3) is 0 Å². The molecule has 2 rings (SSSR count). The number of carboxylic acid groups (broad SMARTS) is 1. The van der Waals surface area contributed by atoms with Gasteiger partial charge in [0.2, 0.25) is 5.91 Å². The highest BCUT2D eigenvalue weighted by atomic mass is 32.1. The molecule has 5 nitrogen and oxygen atoms in total. The van der Waals surface area contributed by atoms with Gasteiger partial charge in [-0.05, 0) is 36.2 Å². The van der Waals surface area contributed by atoms with Crippen LogP contribution in [0.5, 0.6) is 0 Å². The van der Waals surface area contributed by atoms with Crippen molar-refractivity contribution in [3.63, 3.8) is 0 Å². The summed E-state index contributed by atoms with van der Waals surface area (Å²) in [5.41, 5.74) is 0.924. The van der Waals surface area contributed by atoms with Crippen molar-refractivity contribution in [1.82, 2.24) is 4.37 Å². The summed E-state index contributed by atoms with van der Waals surface area (Å²) in [6.07, 6.45) is -0.00966. The second-order valence-corrected chi connectivity index (χ2v) is 5.26. The number of anilines is 1. The lowest BCUT2D eigenvalue weighted by Gasteiger charge is -2.15. The van der Waals surface area contributed by atoms with Gasteiger partial charge in [-0.2, -0.15) is 4.37 Å². The monoisotopic (exact) mass is 308 g/mol. The third-order valence-electron chi connectivity index (χ3n) is 2.98. The summed E-state index contributed by atoms with van der Waals surface area (Å²) in [6, 6.07) is 5.75. The van der Waals surface area contributed by atoms with Crippen LogP contribution in [0.4, 0.5) is 9.39 Å². The van der Waals surface area contributed by atoms with Crippen LogP contribution in [0.1, 0.15) is 21.6 Å². The van der Waals surface area contributed by atoms with Crippen LogP contribution in [-0.4, -0.2) is 28.4 Å². The van der Waals surface area contributed by atoms with E-state index in [-0.39, 0.29) is 22.9 Å². The van der Waals surface area contributed by atoms with Gasteiger partial charge in [0.15, 0.2) is 0 Å². The summed E-state index contributed by atoms with van der Waals surface area (Å²) in [4.78, 5) is 24.7. The molecule has 2 aromatic rings. The van der Waals surface area contributed by atoms with E-state index in [2.05, 4.69) is 4.37 Å². The third-order valence-corrected chi connectivity index (χ3v) is 4.00. The largest absolute Gasteiger partial charge is 0.478 e. The predicted octanol–water partition coefficient (Wildman–Crippen LogP) is 2.49. The van der Waals surface area contributed by atoms with Crippen LogP contribution in [0.2, 0.25) is 0 Å². The first kappa shape index (κ1) is 15.1. The summed E-state index contributed by atoms with van der Waals surface area (Å²) >= 11 is 0.955. The molecule has 1 aromatic carbocycles. The molecule has 110 valence electrons. The van der Waals surface area contributed by atoms with Crippen LogP contribution in [0.15, 0.2) is 24.3 Å². The Labute approximate surface area is 124 Å². The topological polar surface area (TPSA) is 70.5 Å². The number of likely N-dealkylation sites (N-methyl/N-ethyl adjacent to an activating group) is 1. The zero-order chi connectivity index (χ0) is 15.6. The fraction of sp³-hybridized carbons (Fsp3) is 0.214. The number of carbonyl (C=O) groups excluding carboxylic acids is 1. The Morgan fingerprint density at radius 1 is 1.43 bits per heavy atom. The average molecular weight is 308 g/mol. The average Bonchev–Trinajstić information content (AvgIpc) is 2.79. The highest BCUT2D eigenvalue weighted by Crippen LogP contribution is 2.28. The van der Waals surface area contributed by atoms with Crippen molar-refractivity contribution in [3.8, 4) is 0 Å². The molecular weight excluding hydrogens is 295 g/mol. The van der Waals surface area contributed by atoms with Crippen molar-refractivity contribution in [1.29, 1.82) is 0 Å². The number of nitrogens with zero attached hydrogens (tertiary/aromatic N) is 2. The first-order valence-corrected chi connectivity index (χ1v) is 6.88. The van der Waals surface area contributed by atoms with Crippen LogP contribution in [0.3, 0.4) is 0 Å². The van der Waals surface area contributed by atoms with Crippen molar-refractivity contribution in [3.05, 3.63) is 46.9 Å². The van der Waals surface area contributed by atoms with E-state index in [0.29, 0.717) is 11.3 Å². The van der Waals surface area contributed by atoms with Gasteiger partial charge in [0.25, 0.3) is 0 Å². The Bertz CT molecular complexity index is 699. The minimum Gasteiger partial charge on any atom is -0.478 e. The lowest BCUT2D eigenvalue weighted by atomic mass is 10.1. The summed E-state index contributed by atoms with van der Waals surface area (Å²) in [7, 11) is 1.49. The van der Waals surface area contributed by atoms with Gasteiger partial charge in [-0.25, -0.2) is 9.18 Å². The fourth-order valence-electron chi connectivity index (χ4n) is 1.89. The lowest BCUT2D eigenvalue weighted by Crippen LogP contribution is -2.28. The quantitative estimate of drug-likeness (QED) is 0.942. The Balaban J connectivity index is 2.22. The first-order chi connectivity index (χ1) is 9.90. The maximum atomic E-state index is 13.1. The number of carbonyl (C=O) groups is 2. The normalized spacial score (nSPS) is 10.4. The molecule has 0 atom stereocenters. The van der Waals surface area contributed by atoms with E-state index in [1.165, 1.54) is 30.1 Å². The van der Waals surface area contributed by atoms with Gasteiger partial charge in [-0.3, -0.25) is 4.79 Å². The second kappa shape index (κ2) is 6.01. The Hall–Kier alpha value is -2.28. The van der Waals surface area contributed by atoms with Crippen molar-refractivity contribution < 1.29 is 19.1 Å². The van der Waals surface area contributed by atoms with Crippen LogP contribution >= 0.6 is 11.5 Å². The van der Waals surface area contributed by atoms with E-state index in [4.69, 9.17) is 0 Å². The number of carboxylic acids is 1. The van der Waals surface area contributed by atoms with Gasteiger partial charge in [0.1, 0.15) is 16.4 Å². The summed E-state index contributed by atoms with van der Waals surface area (Å²) in [5, 5.41) is 9.45. The molecular formula is C14H13FN2O3S. The number of hydrogen-bond donors (Lipinski definition) is 1. The summed E-state index contributed by atoms with van der Waals surface area (Å²) in [5.74, 6) is -1.86. The SMILES string of the molecule is Cc1nsc(N(C)C(=O)Cc2cccc(F)c2)c1C(=O)O. The molecule has 7 heteroatoms. The summed E-state index contributed by atoms with van der Waals surface area (Å²) in [6.45, 7) is 1.58. The molecule has 1 heterocycles. The molecule has 0 saturated carbocycles. The fourth-order valence-corrected chi connectivity index (χ4v) is 2.75. The molecule has 21 heavy (non-hydrogen) atoms. The number of aromatic nitrogens is 1. The molecule has 0 aliphatic carbocycles. The molecule has 0 bridgehead atoms. The van der Waals surface area contributed by atoms with Gasteiger partial charge in [0, 0.05) is 7.05 Å². The molecule has 0 fully saturated rings. The zero-order valence-electron chi connectivity index (χ0n) is 11.5. The Morgan fingerprint density at radius 3 is 2.76 bits per heavy atom.